The van der Waals surface area contributed by atoms with Crippen molar-refractivity contribution in [1.82, 2.24) is 15.6 Å². The van der Waals surface area contributed by atoms with E-state index in [9.17, 15) is 8.78 Å². The summed E-state index contributed by atoms with van der Waals surface area (Å²) in [7, 11) is 0. The molecule has 1 saturated heterocycles. The molecule has 8 heteroatoms. The summed E-state index contributed by atoms with van der Waals surface area (Å²) in [5, 5.41) is 6.53. The van der Waals surface area contributed by atoms with Crippen molar-refractivity contribution in [2.75, 3.05) is 24.5 Å². The molecule has 1 fully saturated rings. The van der Waals surface area contributed by atoms with E-state index in [0.717, 1.165) is 10.9 Å². The summed E-state index contributed by atoms with van der Waals surface area (Å²) in [6.45, 7) is 4.24. The number of hydrogen-bond donors (Lipinski definition) is 2. The van der Waals surface area contributed by atoms with Crippen LogP contribution in [0.25, 0.3) is 0 Å². The predicted molar refractivity (Wildman–Crippen MR) is 107 cm³/mol. The first-order valence-electron chi connectivity index (χ1n) is 8.91. The first-order chi connectivity index (χ1) is 13.1. The molecule has 0 saturated carbocycles. The maximum absolute atomic E-state index is 13.9. The maximum atomic E-state index is 13.9. The van der Waals surface area contributed by atoms with E-state index >= 15 is 0 Å². The van der Waals surface area contributed by atoms with Crippen LogP contribution in [0.3, 0.4) is 0 Å². The van der Waals surface area contributed by atoms with Crippen LogP contribution in [0.1, 0.15) is 18.9 Å². The number of aliphatic imine (C=N–C) groups is 1. The molecule has 5 nitrogen and oxygen atoms in total. The van der Waals surface area contributed by atoms with Crippen molar-refractivity contribution >= 4 is 27.7 Å². The average Bonchev–Trinajstić information content (AvgIpc) is 3.11. The van der Waals surface area contributed by atoms with Crippen molar-refractivity contribution in [3.63, 3.8) is 0 Å². The molecule has 0 bridgehead atoms. The molecule has 0 spiro atoms. The quantitative estimate of drug-likeness (QED) is 0.555. The normalized spacial score (nSPS) is 17.3. The number of guanidine groups is 1. The molecule has 1 unspecified atom stereocenters. The highest BCUT2D eigenvalue weighted by atomic mass is 79.9. The van der Waals surface area contributed by atoms with Gasteiger partial charge in [-0.3, -0.25) is 0 Å². The van der Waals surface area contributed by atoms with Crippen molar-refractivity contribution in [2.24, 2.45) is 4.99 Å². The van der Waals surface area contributed by atoms with Crippen molar-refractivity contribution in [3.05, 3.63) is 58.2 Å². The van der Waals surface area contributed by atoms with Gasteiger partial charge in [-0.25, -0.2) is 18.8 Å². The van der Waals surface area contributed by atoms with Gasteiger partial charge in [0.05, 0.1) is 6.54 Å². The third-order valence-corrected chi connectivity index (χ3v) is 4.82. The lowest BCUT2D eigenvalue weighted by Crippen LogP contribution is -2.44. The standard InChI is InChI=1S/C19H22BrF2N5/c1-2-23-19(25-11-13-10-14(20)5-6-16(13)21)26-15-7-9-27(12-15)18-17(22)4-3-8-24-18/h3-6,8,10,15H,2,7,9,11-12H2,1H3,(H2,23,25,26). The minimum atomic E-state index is -0.316. The molecule has 1 atom stereocenters. The second kappa shape index (κ2) is 9.12. The van der Waals surface area contributed by atoms with Crippen LogP contribution in [0.4, 0.5) is 14.6 Å². The van der Waals surface area contributed by atoms with Gasteiger partial charge in [0, 0.05) is 41.9 Å². The molecular formula is C19H22BrF2N5. The van der Waals surface area contributed by atoms with Crippen LogP contribution < -0.4 is 15.5 Å². The number of halogens is 3. The Kier molecular flexibility index (Phi) is 6.60. The zero-order chi connectivity index (χ0) is 19.2. The van der Waals surface area contributed by atoms with Crippen LogP contribution in [0.2, 0.25) is 0 Å². The molecule has 144 valence electrons. The fourth-order valence-corrected chi connectivity index (χ4v) is 3.43. The molecule has 1 aliphatic rings. The van der Waals surface area contributed by atoms with Crippen molar-refractivity contribution in [2.45, 2.75) is 25.9 Å². The first kappa shape index (κ1) is 19.5. The Hall–Kier alpha value is -2.22. The number of hydrogen-bond acceptors (Lipinski definition) is 3. The van der Waals surface area contributed by atoms with Gasteiger partial charge >= 0.3 is 0 Å². The molecule has 2 N–H and O–H groups in total. The molecule has 0 aliphatic carbocycles. The van der Waals surface area contributed by atoms with E-state index in [2.05, 4.69) is 36.5 Å². The minimum absolute atomic E-state index is 0.108. The van der Waals surface area contributed by atoms with Crippen molar-refractivity contribution in [3.8, 4) is 0 Å². The zero-order valence-corrected chi connectivity index (χ0v) is 16.6. The first-order valence-corrected chi connectivity index (χ1v) is 9.70. The van der Waals surface area contributed by atoms with E-state index in [1.165, 1.54) is 12.1 Å². The molecule has 2 heterocycles. The second-order valence-corrected chi connectivity index (χ2v) is 7.23. The predicted octanol–water partition coefficient (Wildman–Crippen LogP) is 3.46. The maximum Gasteiger partial charge on any atom is 0.191 e. The van der Waals surface area contributed by atoms with Crippen LogP contribution in [-0.2, 0) is 6.54 Å². The molecule has 1 aromatic heterocycles. The smallest absolute Gasteiger partial charge is 0.191 e. The fraction of sp³-hybridized carbons (Fsp3) is 0.368. The van der Waals surface area contributed by atoms with Gasteiger partial charge in [0.15, 0.2) is 17.6 Å². The van der Waals surface area contributed by atoms with E-state index in [0.29, 0.717) is 37.0 Å². The molecule has 0 radical (unpaired) electrons. The molecule has 1 aromatic carbocycles. The van der Waals surface area contributed by atoms with E-state index < -0.39 is 0 Å². The Morgan fingerprint density at radius 3 is 2.96 bits per heavy atom. The number of aromatic nitrogens is 1. The highest BCUT2D eigenvalue weighted by Gasteiger charge is 2.25. The van der Waals surface area contributed by atoms with Gasteiger partial charge in [0.25, 0.3) is 0 Å². The van der Waals surface area contributed by atoms with E-state index in [4.69, 9.17) is 0 Å². The number of pyridine rings is 1. The van der Waals surface area contributed by atoms with Crippen molar-refractivity contribution < 1.29 is 8.78 Å². The third-order valence-electron chi connectivity index (χ3n) is 4.33. The Labute approximate surface area is 166 Å². The summed E-state index contributed by atoms with van der Waals surface area (Å²) in [6.07, 6.45) is 2.43. The molecule has 3 rings (SSSR count). The summed E-state index contributed by atoms with van der Waals surface area (Å²) in [6, 6.07) is 7.92. The Bertz CT molecular complexity index is 814. The lowest BCUT2D eigenvalue weighted by molar-refractivity contribution is 0.607. The van der Waals surface area contributed by atoms with Crippen LogP contribution in [-0.4, -0.2) is 36.6 Å². The average molecular weight is 438 g/mol. The van der Waals surface area contributed by atoms with Gasteiger partial charge in [-0.15, -0.1) is 0 Å². The third kappa shape index (κ3) is 5.15. The Balaban J connectivity index is 1.64. The van der Waals surface area contributed by atoms with Gasteiger partial charge in [-0.1, -0.05) is 15.9 Å². The summed E-state index contributed by atoms with van der Waals surface area (Å²) in [4.78, 5) is 10.5. The van der Waals surface area contributed by atoms with Gasteiger partial charge in [0.2, 0.25) is 0 Å². The molecular weight excluding hydrogens is 416 g/mol. The van der Waals surface area contributed by atoms with Gasteiger partial charge < -0.3 is 15.5 Å². The van der Waals surface area contributed by atoms with Gasteiger partial charge in [-0.05, 0) is 43.7 Å². The lowest BCUT2D eigenvalue weighted by Gasteiger charge is -2.20. The number of rotatable bonds is 5. The molecule has 27 heavy (non-hydrogen) atoms. The fourth-order valence-electron chi connectivity index (χ4n) is 3.02. The molecule has 1 aliphatic heterocycles. The van der Waals surface area contributed by atoms with Crippen LogP contribution in [0.15, 0.2) is 46.0 Å². The monoisotopic (exact) mass is 437 g/mol. The number of anilines is 1. The summed E-state index contributed by atoms with van der Waals surface area (Å²) < 4.78 is 28.7. The van der Waals surface area contributed by atoms with Crippen LogP contribution >= 0.6 is 15.9 Å². The number of benzene rings is 1. The number of nitrogens with zero attached hydrogens (tertiary/aromatic N) is 3. The summed E-state index contributed by atoms with van der Waals surface area (Å²) in [5.41, 5.74) is 0.519. The highest BCUT2D eigenvalue weighted by molar-refractivity contribution is 9.10. The van der Waals surface area contributed by atoms with E-state index in [1.807, 2.05) is 11.8 Å². The minimum Gasteiger partial charge on any atom is -0.357 e. The van der Waals surface area contributed by atoms with E-state index in [1.54, 1.807) is 24.4 Å². The van der Waals surface area contributed by atoms with E-state index in [-0.39, 0.29) is 24.2 Å². The van der Waals surface area contributed by atoms with Gasteiger partial charge in [0.1, 0.15) is 5.82 Å². The van der Waals surface area contributed by atoms with Crippen LogP contribution in [0.5, 0.6) is 0 Å². The van der Waals surface area contributed by atoms with Crippen LogP contribution in [0, 0.1) is 11.6 Å². The molecule has 0 amide bonds. The highest BCUT2D eigenvalue weighted by Crippen LogP contribution is 2.21. The second-order valence-electron chi connectivity index (χ2n) is 6.32. The largest absolute Gasteiger partial charge is 0.357 e. The Morgan fingerprint density at radius 2 is 2.19 bits per heavy atom. The van der Waals surface area contributed by atoms with Crippen molar-refractivity contribution in [1.29, 1.82) is 0 Å². The SMILES string of the molecule is CCNC(=NCc1cc(Br)ccc1F)NC1CCN(c2ncccc2F)C1. The molecule has 2 aromatic rings. The van der Waals surface area contributed by atoms with Gasteiger partial charge in [-0.2, -0.15) is 0 Å². The zero-order valence-electron chi connectivity index (χ0n) is 15.1. The summed E-state index contributed by atoms with van der Waals surface area (Å²) >= 11 is 3.35. The Morgan fingerprint density at radius 1 is 1.33 bits per heavy atom. The lowest BCUT2D eigenvalue weighted by atomic mass is 10.2. The number of nitrogens with one attached hydrogen (secondary N) is 2. The topological polar surface area (TPSA) is 52.6 Å². The summed E-state index contributed by atoms with van der Waals surface area (Å²) in [5.74, 6) is 0.393.